The third-order valence-electron chi connectivity index (χ3n) is 3.60. The molecule has 21 heavy (non-hydrogen) atoms. The van der Waals surface area contributed by atoms with E-state index < -0.39 is 5.97 Å². The quantitative estimate of drug-likeness (QED) is 0.786. The van der Waals surface area contributed by atoms with Crippen molar-refractivity contribution in [2.45, 2.75) is 27.2 Å². The molecule has 0 radical (unpaired) electrons. The van der Waals surface area contributed by atoms with Gasteiger partial charge in [-0.25, -0.2) is 4.79 Å². The summed E-state index contributed by atoms with van der Waals surface area (Å²) in [6.45, 7) is 7.96. The van der Waals surface area contributed by atoms with Crippen molar-refractivity contribution in [3.8, 4) is 0 Å². The van der Waals surface area contributed by atoms with E-state index in [0.29, 0.717) is 19.7 Å². The average molecular weight is 298 g/mol. The number of ether oxygens (including phenoxy) is 1. The Bertz CT molecular complexity index is 412. The molecule has 1 aliphatic heterocycles. The Hall–Kier alpha value is -1.56. The lowest BCUT2D eigenvalue weighted by Crippen LogP contribution is -2.48. The van der Waals surface area contributed by atoms with Gasteiger partial charge in [0.15, 0.2) is 0 Å². The number of aliphatic carboxylic acids is 1. The fraction of sp³-hybridized carbons (Fsp3) is 0.733. The second-order valence-electron chi connectivity index (χ2n) is 6.27. The highest BCUT2D eigenvalue weighted by atomic mass is 16.5. The number of methoxy groups -OCH3 is 1. The summed E-state index contributed by atoms with van der Waals surface area (Å²) in [5.74, 6) is -1.01. The Morgan fingerprint density at radius 1 is 1.43 bits per heavy atom. The zero-order chi connectivity index (χ0) is 16.0. The van der Waals surface area contributed by atoms with Crippen LogP contribution >= 0.6 is 0 Å². The molecule has 1 heterocycles. The summed E-state index contributed by atoms with van der Waals surface area (Å²) in [4.78, 5) is 26.3. The van der Waals surface area contributed by atoms with E-state index in [1.807, 2.05) is 0 Å². The van der Waals surface area contributed by atoms with Crippen LogP contribution in [0.5, 0.6) is 0 Å². The highest BCUT2D eigenvalue weighted by Crippen LogP contribution is 2.30. The number of rotatable bonds is 5. The second-order valence-corrected chi connectivity index (χ2v) is 6.27. The minimum Gasteiger partial charge on any atom is -0.480 e. The third kappa shape index (κ3) is 5.38. The van der Waals surface area contributed by atoms with Gasteiger partial charge >= 0.3 is 12.0 Å². The molecule has 1 aliphatic rings. The summed E-state index contributed by atoms with van der Waals surface area (Å²) in [6, 6.07) is -0.237. The van der Waals surface area contributed by atoms with Crippen LogP contribution in [-0.2, 0) is 9.53 Å². The summed E-state index contributed by atoms with van der Waals surface area (Å²) >= 11 is 0. The fourth-order valence-corrected chi connectivity index (χ4v) is 2.33. The van der Waals surface area contributed by atoms with Crippen LogP contribution in [0.2, 0.25) is 0 Å². The largest absolute Gasteiger partial charge is 0.480 e. The van der Waals surface area contributed by atoms with Crippen LogP contribution in [0.15, 0.2) is 11.6 Å². The molecule has 0 aromatic rings. The number of amides is 2. The van der Waals surface area contributed by atoms with Crippen molar-refractivity contribution in [2.75, 3.05) is 39.9 Å². The number of carbonyl (C=O) groups excluding carboxylic acids is 1. The lowest BCUT2D eigenvalue weighted by atomic mass is 9.83. The van der Waals surface area contributed by atoms with Crippen molar-refractivity contribution in [3.63, 3.8) is 0 Å². The van der Waals surface area contributed by atoms with E-state index in [2.05, 4.69) is 26.8 Å². The third-order valence-corrected chi connectivity index (χ3v) is 3.60. The Morgan fingerprint density at radius 3 is 2.52 bits per heavy atom. The second kappa shape index (κ2) is 7.45. The minimum absolute atomic E-state index is 0.117. The average Bonchev–Trinajstić information content (AvgIpc) is 2.41. The van der Waals surface area contributed by atoms with Gasteiger partial charge in [-0.2, -0.15) is 0 Å². The van der Waals surface area contributed by atoms with Crippen LogP contribution < -0.4 is 0 Å². The van der Waals surface area contributed by atoms with Crippen molar-refractivity contribution in [1.29, 1.82) is 0 Å². The number of nitrogens with zero attached hydrogens (tertiary/aromatic N) is 2. The summed E-state index contributed by atoms with van der Waals surface area (Å²) in [7, 11) is 1.53. The van der Waals surface area contributed by atoms with E-state index in [0.717, 1.165) is 6.42 Å². The van der Waals surface area contributed by atoms with Gasteiger partial charge in [-0.15, -0.1) is 0 Å². The molecule has 0 fully saturated rings. The van der Waals surface area contributed by atoms with Crippen molar-refractivity contribution >= 4 is 12.0 Å². The molecule has 120 valence electrons. The maximum absolute atomic E-state index is 12.4. The number of carbonyl (C=O) groups is 2. The van der Waals surface area contributed by atoms with Gasteiger partial charge in [-0.05, 0) is 11.8 Å². The molecule has 1 N–H and O–H groups in total. The summed E-state index contributed by atoms with van der Waals surface area (Å²) < 4.78 is 4.94. The van der Waals surface area contributed by atoms with Crippen molar-refractivity contribution in [2.24, 2.45) is 5.41 Å². The maximum atomic E-state index is 12.4. The summed E-state index contributed by atoms with van der Waals surface area (Å²) in [6.07, 6.45) is 2.91. The first-order valence-electron chi connectivity index (χ1n) is 7.19. The monoisotopic (exact) mass is 298 g/mol. The van der Waals surface area contributed by atoms with Gasteiger partial charge in [-0.3, -0.25) is 4.79 Å². The first-order chi connectivity index (χ1) is 9.75. The highest BCUT2D eigenvalue weighted by molar-refractivity contribution is 5.80. The Balaban J connectivity index is 2.68. The van der Waals surface area contributed by atoms with Crippen molar-refractivity contribution in [1.82, 2.24) is 9.80 Å². The van der Waals surface area contributed by atoms with Crippen molar-refractivity contribution < 1.29 is 19.4 Å². The van der Waals surface area contributed by atoms with E-state index in [4.69, 9.17) is 9.84 Å². The lowest BCUT2D eigenvalue weighted by molar-refractivity contribution is -0.137. The molecule has 0 aromatic carbocycles. The van der Waals surface area contributed by atoms with E-state index in [1.54, 1.807) is 4.90 Å². The lowest BCUT2D eigenvalue weighted by Gasteiger charge is -2.34. The number of carboxylic acid groups (broad SMARTS) is 1. The number of urea groups is 1. The SMILES string of the molecule is COCCN(CC(=O)O)C(=O)N1CC=C(C(C)(C)C)CC1. The van der Waals surface area contributed by atoms with Crippen LogP contribution in [-0.4, -0.2) is 66.8 Å². The first kappa shape index (κ1) is 17.5. The van der Waals surface area contributed by atoms with Crippen LogP contribution in [0.25, 0.3) is 0 Å². The van der Waals surface area contributed by atoms with Crippen LogP contribution in [0.3, 0.4) is 0 Å². The zero-order valence-corrected chi connectivity index (χ0v) is 13.4. The molecule has 0 spiro atoms. The van der Waals surface area contributed by atoms with Gasteiger partial charge < -0.3 is 19.6 Å². The van der Waals surface area contributed by atoms with Gasteiger partial charge in [0.2, 0.25) is 0 Å². The predicted octanol–water partition coefficient (Wildman–Crippen LogP) is 1.82. The Kier molecular flexibility index (Phi) is 6.20. The molecule has 0 aromatic heterocycles. The normalized spacial score (nSPS) is 15.6. The molecule has 0 aliphatic carbocycles. The topological polar surface area (TPSA) is 70.1 Å². The molecule has 6 heteroatoms. The minimum atomic E-state index is -1.01. The molecular weight excluding hydrogens is 272 g/mol. The Labute approximate surface area is 126 Å². The van der Waals surface area contributed by atoms with Gasteiger partial charge in [-0.1, -0.05) is 32.4 Å². The van der Waals surface area contributed by atoms with E-state index in [-0.39, 0.29) is 24.5 Å². The molecule has 0 bridgehead atoms. The molecule has 6 nitrogen and oxygen atoms in total. The predicted molar refractivity (Wildman–Crippen MR) is 80.2 cm³/mol. The maximum Gasteiger partial charge on any atom is 0.323 e. The first-order valence-corrected chi connectivity index (χ1v) is 7.19. The number of hydrogen-bond acceptors (Lipinski definition) is 3. The van der Waals surface area contributed by atoms with Crippen LogP contribution in [0.1, 0.15) is 27.2 Å². The molecule has 1 rings (SSSR count). The highest BCUT2D eigenvalue weighted by Gasteiger charge is 2.27. The smallest absolute Gasteiger partial charge is 0.323 e. The van der Waals surface area contributed by atoms with E-state index >= 15 is 0 Å². The molecule has 0 atom stereocenters. The molecular formula is C15H26N2O4. The van der Waals surface area contributed by atoms with Gasteiger partial charge in [0.25, 0.3) is 0 Å². The number of carboxylic acids is 1. The van der Waals surface area contributed by atoms with Crippen molar-refractivity contribution in [3.05, 3.63) is 11.6 Å². The molecule has 2 amide bonds. The van der Waals surface area contributed by atoms with Gasteiger partial charge in [0.05, 0.1) is 6.61 Å². The Morgan fingerprint density at radius 2 is 2.10 bits per heavy atom. The summed E-state index contributed by atoms with van der Waals surface area (Å²) in [5, 5.41) is 8.91. The van der Waals surface area contributed by atoms with Gasteiger partial charge in [0, 0.05) is 26.7 Å². The fourth-order valence-electron chi connectivity index (χ4n) is 2.33. The van der Waals surface area contributed by atoms with Gasteiger partial charge in [0.1, 0.15) is 6.54 Å². The molecule has 0 unspecified atom stereocenters. The molecule has 0 saturated carbocycles. The van der Waals surface area contributed by atoms with E-state index in [9.17, 15) is 9.59 Å². The zero-order valence-electron chi connectivity index (χ0n) is 13.4. The standard InChI is InChI=1S/C15H26N2O4/c1-15(2,3)12-5-7-16(8-6-12)14(20)17(9-10-21-4)11-13(18)19/h5H,6-11H2,1-4H3,(H,18,19). The van der Waals surface area contributed by atoms with Crippen LogP contribution in [0.4, 0.5) is 4.79 Å². The molecule has 0 saturated heterocycles. The number of hydrogen-bond donors (Lipinski definition) is 1. The summed E-state index contributed by atoms with van der Waals surface area (Å²) in [5.41, 5.74) is 1.46. The van der Waals surface area contributed by atoms with E-state index in [1.165, 1.54) is 17.6 Å². The van der Waals surface area contributed by atoms with Crippen LogP contribution in [0, 0.1) is 5.41 Å².